The summed E-state index contributed by atoms with van der Waals surface area (Å²) < 4.78 is 44.7. The molecule has 2 atom stereocenters. The first-order chi connectivity index (χ1) is 24.6. The molecule has 5 aromatic rings. The van der Waals surface area contributed by atoms with Crippen molar-refractivity contribution in [1.82, 2.24) is 34.4 Å². The van der Waals surface area contributed by atoms with E-state index in [4.69, 9.17) is 9.47 Å². The molecule has 13 nitrogen and oxygen atoms in total. The number of amides is 1. The van der Waals surface area contributed by atoms with Gasteiger partial charge in [0.15, 0.2) is 17.5 Å². The van der Waals surface area contributed by atoms with Crippen LogP contribution in [0.3, 0.4) is 0 Å². The summed E-state index contributed by atoms with van der Waals surface area (Å²) in [5.74, 6) is -2.75. The van der Waals surface area contributed by atoms with Crippen LogP contribution in [0.4, 0.5) is 25.8 Å². The number of fused-ring (bicyclic) bond motifs is 2. The first kappa shape index (κ1) is 33.8. The highest BCUT2D eigenvalue weighted by atomic mass is 19.3. The van der Waals surface area contributed by atoms with Gasteiger partial charge in [-0.2, -0.15) is 10.4 Å². The topological polar surface area (TPSA) is 146 Å². The van der Waals surface area contributed by atoms with Crippen LogP contribution in [0.5, 0.6) is 17.4 Å². The van der Waals surface area contributed by atoms with Crippen molar-refractivity contribution in [2.75, 3.05) is 44.4 Å². The lowest BCUT2D eigenvalue weighted by Gasteiger charge is -2.37. The van der Waals surface area contributed by atoms with Gasteiger partial charge < -0.3 is 25.0 Å². The molecule has 2 N–H and O–H groups in total. The van der Waals surface area contributed by atoms with Crippen LogP contribution in [0.1, 0.15) is 30.4 Å². The number of hydrogen-bond acceptors (Lipinski definition) is 11. The van der Waals surface area contributed by atoms with E-state index in [9.17, 15) is 10.1 Å². The molecule has 0 saturated carbocycles. The van der Waals surface area contributed by atoms with Crippen LogP contribution in [-0.4, -0.2) is 92.1 Å². The maximum Gasteiger partial charge on any atom is 0.296 e. The highest BCUT2D eigenvalue weighted by Crippen LogP contribution is 2.43. The number of nitrogens with one attached hydrogen (secondary N) is 2. The number of halogens is 2. The van der Waals surface area contributed by atoms with E-state index < -0.39 is 24.5 Å². The molecule has 2 saturated heterocycles. The predicted molar refractivity (Wildman–Crippen MR) is 187 cm³/mol. The van der Waals surface area contributed by atoms with Gasteiger partial charge in [0.1, 0.15) is 24.5 Å². The normalized spacial score (nSPS) is 19.4. The van der Waals surface area contributed by atoms with Crippen molar-refractivity contribution in [3.8, 4) is 23.4 Å². The van der Waals surface area contributed by atoms with Gasteiger partial charge in [0.25, 0.3) is 5.92 Å². The molecule has 51 heavy (non-hydrogen) atoms. The number of aryl methyl sites for hydroxylation is 1. The minimum Gasteiger partial charge on any atom is -0.481 e. The Morgan fingerprint density at radius 1 is 1.12 bits per heavy atom. The number of benzene rings is 2. The van der Waals surface area contributed by atoms with Gasteiger partial charge in [0.2, 0.25) is 11.8 Å². The summed E-state index contributed by atoms with van der Waals surface area (Å²) in [7, 11) is 3.64. The van der Waals surface area contributed by atoms with Crippen molar-refractivity contribution in [2.24, 2.45) is 0 Å². The fourth-order valence-electron chi connectivity index (χ4n) is 6.48. The number of alkyl halides is 2. The zero-order valence-electron chi connectivity index (χ0n) is 28.3. The molecular formula is C36H36F2N10O3. The second-order valence-corrected chi connectivity index (χ2v) is 12.9. The van der Waals surface area contributed by atoms with E-state index in [2.05, 4.69) is 41.7 Å². The summed E-state index contributed by atoms with van der Waals surface area (Å²) in [4.78, 5) is 29.9. The molecule has 2 aromatic carbocycles. The van der Waals surface area contributed by atoms with Gasteiger partial charge in [0, 0.05) is 43.0 Å². The van der Waals surface area contributed by atoms with Crippen LogP contribution < -0.4 is 20.1 Å². The maximum absolute atomic E-state index is 15.4. The molecule has 7 rings (SSSR count). The average molecular weight is 695 g/mol. The maximum atomic E-state index is 15.4. The summed E-state index contributed by atoms with van der Waals surface area (Å²) in [5, 5.41) is 20.7. The third kappa shape index (κ3) is 7.14. The number of anilines is 3. The number of piperidine rings is 1. The Bertz CT molecular complexity index is 2180. The van der Waals surface area contributed by atoms with E-state index in [1.807, 2.05) is 26.1 Å². The average Bonchev–Trinajstić information content (AvgIpc) is 3.75. The van der Waals surface area contributed by atoms with E-state index in [1.165, 1.54) is 29.4 Å². The van der Waals surface area contributed by atoms with E-state index >= 15 is 8.78 Å². The Morgan fingerprint density at radius 3 is 2.75 bits per heavy atom. The summed E-state index contributed by atoms with van der Waals surface area (Å²) in [6.45, 7) is 2.71. The molecule has 3 aromatic heterocycles. The minimum absolute atomic E-state index is 0.000172. The monoisotopic (exact) mass is 694 g/mol. The number of hydrogen-bond donors (Lipinski definition) is 2. The van der Waals surface area contributed by atoms with Gasteiger partial charge in [-0.1, -0.05) is 6.08 Å². The minimum atomic E-state index is -3.18. The van der Waals surface area contributed by atoms with Crippen LogP contribution in [-0.2, 0) is 4.79 Å². The summed E-state index contributed by atoms with van der Waals surface area (Å²) in [6.07, 6.45) is 8.18. The number of likely N-dealkylation sites (N-methyl/N-ethyl adjacent to an activating group) is 1. The molecule has 5 heterocycles. The first-order valence-corrected chi connectivity index (χ1v) is 16.6. The molecule has 0 spiro atoms. The molecule has 0 unspecified atom stereocenters. The van der Waals surface area contributed by atoms with Crippen molar-refractivity contribution in [3.05, 3.63) is 78.5 Å². The van der Waals surface area contributed by atoms with Gasteiger partial charge in [-0.3, -0.25) is 14.7 Å². The lowest BCUT2D eigenvalue weighted by atomic mass is 10.0. The van der Waals surface area contributed by atoms with Crippen molar-refractivity contribution in [2.45, 2.75) is 44.3 Å². The zero-order chi connectivity index (χ0) is 35.7. The first-order valence-electron chi connectivity index (χ1n) is 16.6. The summed E-state index contributed by atoms with van der Waals surface area (Å²) in [6, 6.07) is 12.5. The Balaban J connectivity index is 1.25. The number of aromatic nitrogens is 5. The summed E-state index contributed by atoms with van der Waals surface area (Å²) in [5.41, 5.74) is 2.92. The Kier molecular flexibility index (Phi) is 9.19. The molecule has 0 bridgehead atoms. The van der Waals surface area contributed by atoms with E-state index in [-0.39, 0.29) is 34.8 Å². The number of pyridine rings is 1. The van der Waals surface area contributed by atoms with Crippen LogP contribution in [0.15, 0.2) is 67.4 Å². The van der Waals surface area contributed by atoms with Gasteiger partial charge in [-0.05, 0) is 76.3 Å². The SMILES string of the molecule is Cc1cc(Nc2c(C#N)cnc3ccc(NC(=O)/C=C/[C@H]4CCCN4C)c(O[C@@H]4CCN(C)CC4(F)F)c23)ccc1Oc1cc2ncnn2cn1. The molecule has 0 radical (unpaired) electrons. The number of ether oxygens (including phenoxy) is 2. The van der Waals surface area contributed by atoms with E-state index in [0.717, 1.165) is 24.9 Å². The molecule has 0 aliphatic carbocycles. The lowest BCUT2D eigenvalue weighted by Crippen LogP contribution is -2.52. The van der Waals surface area contributed by atoms with Crippen molar-refractivity contribution < 1.29 is 23.0 Å². The zero-order valence-corrected chi connectivity index (χ0v) is 28.3. The second-order valence-electron chi connectivity index (χ2n) is 12.9. The van der Waals surface area contributed by atoms with Crippen molar-refractivity contribution in [3.63, 3.8) is 0 Å². The lowest BCUT2D eigenvalue weighted by molar-refractivity contribution is -0.134. The Labute approximate surface area is 292 Å². The number of rotatable bonds is 9. The fraction of sp³-hybridized carbons (Fsp3) is 0.333. The molecule has 262 valence electrons. The van der Waals surface area contributed by atoms with Crippen LogP contribution >= 0.6 is 0 Å². The quantitative estimate of drug-likeness (QED) is 0.183. The molecule has 2 fully saturated rings. The van der Waals surface area contributed by atoms with Crippen molar-refractivity contribution >= 4 is 39.5 Å². The molecule has 2 aliphatic rings. The number of nitrogens with zero attached hydrogens (tertiary/aromatic N) is 8. The standard InChI is InChI=1S/C36H36F2N10O3/c1-22-15-24(6-10-28(22)50-32-16-30-41-20-43-48(30)21-42-32)44-34-23(17-39)18-40-26-8-9-27(45-31(49)11-7-25-5-4-13-47(25)3)35(33(26)34)51-29-12-14-46(2)19-36(29,37)38/h6-11,15-16,18,20-21,25,29H,4-5,12-14,19H2,1-3H3,(H,40,44)(H,45,49)/b11-7+/t25-,29-/m1/s1. The Morgan fingerprint density at radius 2 is 1.98 bits per heavy atom. The third-order valence-corrected chi connectivity index (χ3v) is 9.20. The smallest absolute Gasteiger partial charge is 0.296 e. The number of likely N-dealkylation sites (tertiary alicyclic amines) is 2. The Hall–Kier alpha value is -5.72. The van der Waals surface area contributed by atoms with Crippen LogP contribution in [0, 0.1) is 18.3 Å². The van der Waals surface area contributed by atoms with Gasteiger partial charge in [0.05, 0.1) is 34.4 Å². The largest absolute Gasteiger partial charge is 0.481 e. The molecule has 15 heteroatoms. The van der Waals surface area contributed by atoms with Crippen molar-refractivity contribution in [1.29, 1.82) is 5.26 Å². The highest BCUT2D eigenvalue weighted by molar-refractivity contribution is 6.07. The second kappa shape index (κ2) is 13.9. The van der Waals surface area contributed by atoms with Gasteiger partial charge >= 0.3 is 0 Å². The summed E-state index contributed by atoms with van der Waals surface area (Å²) >= 11 is 0. The van der Waals surface area contributed by atoms with Crippen LogP contribution in [0.25, 0.3) is 16.6 Å². The van der Waals surface area contributed by atoms with E-state index in [0.29, 0.717) is 40.7 Å². The molecular weight excluding hydrogens is 658 g/mol. The van der Waals surface area contributed by atoms with Gasteiger partial charge in [-0.25, -0.2) is 23.3 Å². The third-order valence-electron chi connectivity index (χ3n) is 9.20. The highest BCUT2D eigenvalue weighted by Gasteiger charge is 2.46. The van der Waals surface area contributed by atoms with Gasteiger partial charge in [-0.15, -0.1) is 0 Å². The fourth-order valence-corrected chi connectivity index (χ4v) is 6.48. The molecule has 1 amide bonds. The number of carbonyl (C=O) groups is 1. The number of carbonyl (C=O) groups excluding carboxylic acids is 1. The van der Waals surface area contributed by atoms with Crippen LogP contribution in [0.2, 0.25) is 0 Å². The predicted octanol–water partition coefficient (Wildman–Crippen LogP) is 5.70. The molecule has 2 aliphatic heterocycles. The number of nitriles is 1. The van der Waals surface area contributed by atoms with E-state index in [1.54, 1.807) is 42.3 Å².